The normalized spacial score (nSPS) is 18.1. The lowest BCUT2D eigenvalue weighted by Gasteiger charge is -2.16. The number of aliphatic hydroxyl groups is 2. The molecule has 0 heterocycles. The summed E-state index contributed by atoms with van der Waals surface area (Å²) in [5.74, 6) is -0.270. The molecule has 0 aromatic heterocycles. The van der Waals surface area contributed by atoms with Gasteiger partial charge in [0, 0.05) is 11.1 Å². The van der Waals surface area contributed by atoms with Crippen molar-refractivity contribution < 1.29 is 36.2 Å². The first-order chi connectivity index (χ1) is 9.68. The molecule has 0 aliphatic heterocycles. The van der Waals surface area contributed by atoms with Gasteiger partial charge in [-0.05, 0) is 12.1 Å². The molecule has 0 bridgehead atoms. The Balaban J connectivity index is 2.08. The number of benzene rings is 2. The van der Waals surface area contributed by atoms with E-state index in [0.29, 0.717) is 14.7 Å². The van der Waals surface area contributed by atoms with Gasteiger partial charge >= 0.3 is 21.2 Å². The average Bonchev–Trinajstić information content (AvgIpc) is 2.50. The van der Waals surface area contributed by atoms with Crippen LogP contribution in [0.5, 0.6) is 0 Å². The van der Waals surface area contributed by atoms with Crippen LogP contribution in [0, 0.1) is 3.57 Å². The van der Waals surface area contributed by atoms with E-state index in [1.807, 2.05) is 30.3 Å². The highest BCUT2D eigenvalue weighted by atomic mass is 127. The molecule has 0 amide bonds. The van der Waals surface area contributed by atoms with Crippen molar-refractivity contribution in [3.63, 3.8) is 0 Å². The Bertz CT molecular complexity index is 692. The molecule has 2 N–H and O–H groups in total. The molecule has 20 heavy (non-hydrogen) atoms. The molecule has 1 aliphatic rings. The van der Waals surface area contributed by atoms with Crippen molar-refractivity contribution in [2.75, 3.05) is 0 Å². The maximum absolute atomic E-state index is 12.2. The Morgan fingerprint density at radius 1 is 0.900 bits per heavy atom. The number of carbonyl (C=O) groups is 1. The fourth-order valence-electron chi connectivity index (χ4n) is 2.12. The number of fused-ring (bicyclic) bond motifs is 1. The van der Waals surface area contributed by atoms with Crippen LogP contribution in [-0.4, -0.2) is 22.1 Å². The summed E-state index contributed by atoms with van der Waals surface area (Å²) in [7, 11) is 0. The number of hydrogen-bond acceptors (Lipinski definition) is 3. The zero-order valence-electron chi connectivity index (χ0n) is 10.5. The van der Waals surface area contributed by atoms with Crippen LogP contribution in [0.4, 0.5) is 0 Å². The third kappa shape index (κ3) is 2.25. The molecule has 0 saturated carbocycles. The molecule has 2 aromatic carbocycles. The van der Waals surface area contributed by atoms with E-state index in [1.165, 1.54) is 0 Å². The van der Waals surface area contributed by atoms with Gasteiger partial charge in [-0.25, -0.2) is 0 Å². The van der Waals surface area contributed by atoms with Gasteiger partial charge < -0.3 is 10.2 Å². The standard InChI is InChI=1S/C16H11IO3/c18-14-11-8-4-5-9-12(11)15(19)16(20)13(14)17-10-6-2-1-3-7-10/h1-9,16,20H/p+1. The second-order valence-electron chi connectivity index (χ2n) is 4.40. The zero-order chi connectivity index (χ0) is 14.1. The SMILES string of the molecule is O=C1c2ccccc2C(O)=C([I+]c2ccccc2)C1O. The third-order valence-electron chi connectivity index (χ3n) is 3.11. The summed E-state index contributed by atoms with van der Waals surface area (Å²) in [6.45, 7) is 0. The molecule has 0 saturated heterocycles. The van der Waals surface area contributed by atoms with Crippen LogP contribution in [0.15, 0.2) is 58.2 Å². The Morgan fingerprint density at radius 3 is 2.20 bits per heavy atom. The smallest absolute Gasteiger partial charge is 0.360 e. The Labute approximate surface area is 126 Å². The van der Waals surface area contributed by atoms with E-state index < -0.39 is 27.3 Å². The minimum atomic E-state index is -1.22. The zero-order valence-corrected chi connectivity index (χ0v) is 12.6. The van der Waals surface area contributed by atoms with E-state index in [0.717, 1.165) is 3.57 Å². The highest BCUT2D eigenvalue weighted by molar-refractivity contribution is 6.07. The minimum Gasteiger partial charge on any atom is -0.503 e. The van der Waals surface area contributed by atoms with Gasteiger partial charge in [0.05, 0.1) is 0 Å². The molecule has 1 atom stereocenters. The maximum Gasteiger partial charge on any atom is 0.360 e. The average molecular weight is 379 g/mol. The lowest BCUT2D eigenvalue weighted by Crippen LogP contribution is -3.61. The van der Waals surface area contributed by atoms with Crippen molar-refractivity contribution >= 4 is 11.5 Å². The molecule has 0 radical (unpaired) electrons. The second-order valence-corrected chi connectivity index (χ2v) is 7.35. The van der Waals surface area contributed by atoms with E-state index in [4.69, 9.17) is 0 Å². The fraction of sp³-hybridized carbons (Fsp3) is 0.0625. The third-order valence-corrected chi connectivity index (χ3v) is 6.13. The predicted molar refractivity (Wildman–Crippen MR) is 71.5 cm³/mol. The number of hydrogen-bond donors (Lipinski definition) is 2. The number of halogens is 1. The van der Waals surface area contributed by atoms with Gasteiger partial charge in [-0.1, -0.05) is 42.5 Å². The van der Waals surface area contributed by atoms with Crippen molar-refractivity contribution in [2.24, 2.45) is 0 Å². The summed E-state index contributed by atoms with van der Waals surface area (Å²) in [6, 6.07) is 16.5. The molecule has 100 valence electrons. The van der Waals surface area contributed by atoms with Gasteiger partial charge in [0.25, 0.3) is 0 Å². The Hall–Kier alpha value is -1.66. The van der Waals surface area contributed by atoms with Crippen LogP contribution in [0.25, 0.3) is 5.76 Å². The monoisotopic (exact) mass is 379 g/mol. The lowest BCUT2D eigenvalue weighted by atomic mass is 9.93. The fourth-order valence-corrected chi connectivity index (χ4v) is 4.69. The molecule has 3 nitrogen and oxygen atoms in total. The molecule has 1 aliphatic carbocycles. The van der Waals surface area contributed by atoms with Gasteiger partial charge in [-0.3, -0.25) is 4.79 Å². The van der Waals surface area contributed by atoms with E-state index in [2.05, 4.69) is 0 Å². The molecule has 2 aromatic rings. The van der Waals surface area contributed by atoms with Gasteiger partial charge in [0.15, 0.2) is 15.4 Å². The first kappa shape index (κ1) is 13.3. The van der Waals surface area contributed by atoms with Crippen LogP contribution in [0.3, 0.4) is 0 Å². The van der Waals surface area contributed by atoms with Gasteiger partial charge in [-0.15, -0.1) is 0 Å². The molecule has 1 unspecified atom stereocenters. The molecule has 4 heteroatoms. The van der Waals surface area contributed by atoms with Crippen LogP contribution in [0.2, 0.25) is 0 Å². The quantitative estimate of drug-likeness (QED) is 0.688. The lowest BCUT2D eigenvalue weighted by molar-refractivity contribution is -0.582. The molecule has 0 spiro atoms. The van der Waals surface area contributed by atoms with Gasteiger partial charge in [0.1, 0.15) is 0 Å². The highest BCUT2D eigenvalue weighted by Gasteiger charge is 2.41. The number of Topliss-reactive ketones (excluding diaryl/α,β-unsaturated/α-hetero) is 1. The van der Waals surface area contributed by atoms with Crippen LogP contribution in [0.1, 0.15) is 15.9 Å². The Kier molecular flexibility index (Phi) is 3.58. The first-order valence-electron chi connectivity index (χ1n) is 6.13. The van der Waals surface area contributed by atoms with E-state index in [-0.39, 0.29) is 11.5 Å². The number of rotatable bonds is 2. The van der Waals surface area contributed by atoms with Gasteiger partial charge in [0.2, 0.25) is 9.36 Å². The summed E-state index contributed by atoms with van der Waals surface area (Å²) in [5, 5.41) is 20.5. The van der Waals surface area contributed by atoms with Crippen LogP contribution < -0.4 is 21.2 Å². The van der Waals surface area contributed by atoms with E-state index in [1.54, 1.807) is 24.3 Å². The number of carbonyl (C=O) groups excluding carboxylic acids is 1. The van der Waals surface area contributed by atoms with Crippen molar-refractivity contribution in [1.29, 1.82) is 0 Å². The summed E-state index contributed by atoms with van der Waals surface area (Å²) in [6.07, 6.45) is -1.22. The Morgan fingerprint density at radius 2 is 1.50 bits per heavy atom. The van der Waals surface area contributed by atoms with E-state index in [9.17, 15) is 15.0 Å². The molecule has 0 fully saturated rings. The van der Waals surface area contributed by atoms with Crippen molar-refractivity contribution in [3.8, 4) is 0 Å². The van der Waals surface area contributed by atoms with E-state index >= 15 is 0 Å². The summed E-state index contributed by atoms with van der Waals surface area (Å²) < 4.78 is 1.53. The summed E-state index contributed by atoms with van der Waals surface area (Å²) in [4.78, 5) is 12.2. The van der Waals surface area contributed by atoms with Crippen molar-refractivity contribution in [2.45, 2.75) is 6.10 Å². The summed E-state index contributed by atoms with van der Waals surface area (Å²) >= 11 is -0.769. The first-order valence-corrected chi connectivity index (χ1v) is 8.29. The van der Waals surface area contributed by atoms with Crippen LogP contribution in [-0.2, 0) is 0 Å². The number of aliphatic hydroxyl groups excluding tert-OH is 2. The molecular formula is C16H12IO3+. The predicted octanol–water partition coefficient (Wildman–Crippen LogP) is -0.571. The second kappa shape index (κ2) is 5.38. The molecular weight excluding hydrogens is 367 g/mol. The largest absolute Gasteiger partial charge is 0.503 e. The summed E-state index contributed by atoms with van der Waals surface area (Å²) in [5.41, 5.74) is 0.909. The molecule has 3 rings (SSSR count). The highest BCUT2D eigenvalue weighted by Crippen LogP contribution is 2.26. The van der Waals surface area contributed by atoms with Crippen molar-refractivity contribution in [3.05, 3.63) is 72.9 Å². The maximum atomic E-state index is 12.2. The minimum absolute atomic E-state index is 0.0596. The van der Waals surface area contributed by atoms with Gasteiger partial charge in [-0.2, -0.15) is 0 Å². The number of ketones is 1. The van der Waals surface area contributed by atoms with Crippen LogP contribution >= 0.6 is 0 Å². The van der Waals surface area contributed by atoms with Crippen molar-refractivity contribution in [1.82, 2.24) is 0 Å². The topological polar surface area (TPSA) is 57.5 Å².